The fourth-order valence-electron chi connectivity index (χ4n) is 2.24. The molecule has 1 aromatic rings. The van der Waals surface area contributed by atoms with E-state index in [9.17, 15) is 0 Å². The standard InChI is InChI=1S/C12H18ClN3O/c1-17-11-5-7-14-12(15-11)16-8-2-3-10(9-16)4-6-13/h5,7,10H,2-4,6,8-9H2,1H3. The lowest BCUT2D eigenvalue weighted by Crippen LogP contribution is -2.36. The first-order valence-electron chi connectivity index (χ1n) is 6.01. The van der Waals surface area contributed by atoms with E-state index < -0.39 is 0 Å². The Bertz CT molecular complexity index is 359. The SMILES string of the molecule is COc1ccnc(N2CCCC(CCCl)C2)n1. The predicted octanol–water partition coefficient (Wildman–Crippen LogP) is 2.33. The highest BCUT2D eigenvalue weighted by Crippen LogP contribution is 2.23. The zero-order valence-corrected chi connectivity index (χ0v) is 10.9. The third-order valence-corrected chi connectivity index (χ3v) is 3.36. The Hall–Kier alpha value is -1.03. The van der Waals surface area contributed by atoms with E-state index in [4.69, 9.17) is 16.3 Å². The molecule has 1 unspecified atom stereocenters. The number of nitrogens with zero attached hydrogens (tertiary/aromatic N) is 3. The van der Waals surface area contributed by atoms with E-state index in [0.717, 1.165) is 31.3 Å². The number of methoxy groups -OCH3 is 1. The molecule has 0 amide bonds. The molecule has 0 aliphatic carbocycles. The second-order valence-electron chi connectivity index (χ2n) is 4.33. The molecule has 1 aliphatic rings. The maximum absolute atomic E-state index is 5.81. The summed E-state index contributed by atoms with van der Waals surface area (Å²) in [6, 6.07) is 1.77. The van der Waals surface area contributed by atoms with Gasteiger partial charge in [-0.3, -0.25) is 0 Å². The predicted molar refractivity (Wildman–Crippen MR) is 68.9 cm³/mol. The van der Waals surface area contributed by atoms with Crippen LogP contribution in [0.4, 0.5) is 5.95 Å². The second kappa shape index (κ2) is 6.05. The normalized spacial score (nSPS) is 20.4. The topological polar surface area (TPSA) is 38.2 Å². The van der Waals surface area contributed by atoms with Crippen LogP contribution in [0.1, 0.15) is 19.3 Å². The monoisotopic (exact) mass is 255 g/mol. The fourth-order valence-corrected chi connectivity index (χ4v) is 2.54. The van der Waals surface area contributed by atoms with Gasteiger partial charge < -0.3 is 9.64 Å². The van der Waals surface area contributed by atoms with Crippen LogP contribution in [0.2, 0.25) is 0 Å². The summed E-state index contributed by atoms with van der Waals surface area (Å²) in [6.07, 6.45) is 5.25. The van der Waals surface area contributed by atoms with E-state index in [-0.39, 0.29) is 0 Å². The first-order chi connectivity index (χ1) is 8.33. The van der Waals surface area contributed by atoms with Crippen molar-refractivity contribution in [3.8, 4) is 5.88 Å². The molecule has 94 valence electrons. The Kier molecular flexibility index (Phi) is 4.42. The minimum atomic E-state index is 0.620. The summed E-state index contributed by atoms with van der Waals surface area (Å²) in [5, 5.41) is 0. The molecule has 1 fully saturated rings. The summed E-state index contributed by atoms with van der Waals surface area (Å²) in [5.74, 6) is 2.78. The second-order valence-corrected chi connectivity index (χ2v) is 4.71. The largest absolute Gasteiger partial charge is 0.481 e. The third kappa shape index (κ3) is 3.22. The van der Waals surface area contributed by atoms with Gasteiger partial charge in [0.05, 0.1) is 7.11 Å². The molecule has 2 heterocycles. The Morgan fingerprint density at radius 1 is 1.59 bits per heavy atom. The van der Waals surface area contributed by atoms with E-state index in [1.807, 2.05) is 0 Å². The van der Waals surface area contributed by atoms with Crippen LogP contribution in [0, 0.1) is 5.92 Å². The molecule has 0 radical (unpaired) electrons. The van der Waals surface area contributed by atoms with E-state index in [2.05, 4.69) is 14.9 Å². The van der Waals surface area contributed by atoms with Crippen LogP contribution in [-0.4, -0.2) is 36.0 Å². The van der Waals surface area contributed by atoms with Crippen LogP contribution in [0.15, 0.2) is 12.3 Å². The number of piperidine rings is 1. The summed E-state index contributed by atoms with van der Waals surface area (Å²) >= 11 is 5.81. The molecule has 0 N–H and O–H groups in total. The number of ether oxygens (including phenoxy) is 1. The molecule has 1 atom stereocenters. The summed E-state index contributed by atoms with van der Waals surface area (Å²) in [5.41, 5.74) is 0. The Labute approximate surface area is 107 Å². The van der Waals surface area contributed by atoms with Gasteiger partial charge in [0.15, 0.2) is 0 Å². The molecular formula is C12H18ClN3O. The fraction of sp³-hybridized carbons (Fsp3) is 0.667. The van der Waals surface area contributed by atoms with Gasteiger partial charge in [0.1, 0.15) is 0 Å². The Morgan fingerprint density at radius 3 is 3.24 bits per heavy atom. The summed E-state index contributed by atoms with van der Waals surface area (Å²) < 4.78 is 5.12. The lowest BCUT2D eigenvalue weighted by atomic mass is 9.96. The molecule has 1 saturated heterocycles. The average Bonchev–Trinajstić information content (AvgIpc) is 2.40. The Balaban J connectivity index is 2.05. The summed E-state index contributed by atoms with van der Waals surface area (Å²) in [4.78, 5) is 10.9. The number of alkyl halides is 1. The molecule has 17 heavy (non-hydrogen) atoms. The quantitative estimate of drug-likeness (QED) is 0.774. The first kappa shape index (κ1) is 12.4. The van der Waals surface area contributed by atoms with Crippen molar-refractivity contribution in [2.45, 2.75) is 19.3 Å². The first-order valence-corrected chi connectivity index (χ1v) is 6.55. The zero-order valence-electron chi connectivity index (χ0n) is 10.1. The summed E-state index contributed by atoms with van der Waals surface area (Å²) in [7, 11) is 1.62. The molecule has 1 aliphatic heterocycles. The van der Waals surface area contributed by atoms with Gasteiger partial charge in [-0.2, -0.15) is 4.98 Å². The zero-order chi connectivity index (χ0) is 12.1. The van der Waals surface area contributed by atoms with Gasteiger partial charge in [0.25, 0.3) is 0 Å². The van der Waals surface area contributed by atoms with Crippen molar-refractivity contribution in [2.75, 3.05) is 31.0 Å². The third-order valence-electron chi connectivity index (χ3n) is 3.15. The van der Waals surface area contributed by atoms with Crippen molar-refractivity contribution in [1.82, 2.24) is 9.97 Å². The summed E-state index contributed by atoms with van der Waals surface area (Å²) in [6.45, 7) is 2.02. The average molecular weight is 256 g/mol. The molecule has 0 bridgehead atoms. The highest BCUT2D eigenvalue weighted by molar-refractivity contribution is 6.17. The minimum absolute atomic E-state index is 0.620. The molecule has 5 heteroatoms. The lowest BCUT2D eigenvalue weighted by molar-refractivity contribution is 0.387. The van der Waals surface area contributed by atoms with Gasteiger partial charge in [-0.05, 0) is 25.2 Å². The maximum atomic E-state index is 5.81. The van der Waals surface area contributed by atoms with Crippen molar-refractivity contribution >= 4 is 17.5 Å². The number of hydrogen-bond donors (Lipinski definition) is 0. The Morgan fingerprint density at radius 2 is 2.47 bits per heavy atom. The number of aromatic nitrogens is 2. The van der Waals surface area contributed by atoms with Gasteiger partial charge in [0.2, 0.25) is 11.8 Å². The molecule has 0 saturated carbocycles. The van der Waals surface area contributed by atoms with Crippen LogP contribution in [0.3, 0.4) is 0 Å². The van der Waals surface area contributed by atoms with Crippen molar-refractivity contribution in [3.05, 3.63) is 12.3 Å². The van der Waals surface area contributed by atoms with E-state index in [1.54, 1.807) is 19.4 Å². The van der Waals surface area contributed by atoms with Crippen molar-refractivity contribution in [2.24, 2.45) is 5.92 Å². The number of hydrogen-bond acceptors (Lipinski definition) is 4. The maximum Gasteiger partial charge on any atom is 0.228 e. The van der Waals surface area contributed by atoms with Crippen LogP contribution < -0.4 is 9.64 Å². The van der Waals surface area contributed by atoms with Gasteiger partial charge in [-0.15, -0.1) is 11.6 Å². The van der Waals surface area contributed by atoms with Crippen LogP contribution in [0.25, 0.3) is 0 Å². The molecule has 0 aromatic carbocycles. The molecule has 1 aromatic heterocycles. The van der Waals surface area contributed by atoms with Crippen LogP contribution >= 0.6 is 11.6 Å². The van der Waals surface area contributed by atoms with E-state index in [0.29, 0.717) is 11.8 Å². The number of anilines is 1. The van der Waals surface area contributed by atoms with Gasteiger partial charge in [0, 0.05) is 31.2 Å². The van der Waals surface area contributed by atoms with E-state index in [1.165, 1.54) is 12.8 Å². The highest BCUT2D eigenvalue weighted by atomic mass is 35.5. The van der Waals surface area contributed by atoms with E-state index >= 15 is 0 Å². The van der Waals surface area contributed by atoms with Gasteiger partial charge in [-0.1, -0.05) is 0 Å². The molecule has 0 spiro atoms. The minimum Gasteiger partial charge on any atom is -0.481 e. The van der Waals surface area contributed by atoms with Crippen molar-refractivity contribution < 1.29 is 4.74 Å². The molecular weight excluding hydrogens is 238 g/mol. The van der Waals surface area contributed by atoms with Crippen molar-refractivity contribution in [3.63, 3.8) is 0 Å². The van der Waals surface area contributed by atoms with Crippen LogP contribution in [0.5, 0.6) is 5.88 Å². The smallest absolute Gasteiger partial charge is 0.228 e. The number of halogens is 1. The highest BCUT2D eigenvalue weighted by Gasteiger charge is 2.21. The van der Waals surface area contributed by atoms with Gasteiger partial charge >= 0.3 is 0 Å². The lowest BCUT2D eigenvalue weighted by Gasteiger charge is -2.32. The van der Waals surface area contributed by atoms with Gasteiger partial charge in [-0.25, -0.2) is 4.98 Å². The molecule has 4 nitrogen and oxygen atoms in total. The van der Waals surface area contributed by atoms with Crippen LogP contribution in [-0.2, 0) is 0 Å². The van der Waals surface area contributed by atoms with Crippen molar-refractivity contribution in [1.29, 1.82) is 0 Å². The number of rotatable bonds is 4. The molecule has 2 rings (SSSR count).